The van der Waals surface area contributed by atoms with Crippen molar-refractivity contribution in [1.29, 1.82) is 0 Å². The summed E-state index contributed by atoms with van der Waals surface area (Å²) in [4.78, 5) is 11.5. The normalized spacial score (nSPS) is 16.0. The van der Waals surface area contributed by atoms with E-state index in [-0.39, 0.29) is 0 Å². The van der Waals surface area contributed by atoms with Crippen LogP contribution in [0.25, 0.3) is 18.4 Å². The van der Waals surface area contributed by atoms with Crippen molar-refractivity contribution in [3.05, 3.63) is 43.3 Å². The van der Waals surface area contributed by atoms with Gasteiger partial charge >= 0.3 is 0 Å². The van der Waals surface area contributed by atoms with Gasteiger partial charge in [0.25, 0.3) is 0 Å². The summed E-state index contributed by atoms with van der Waals surface area (Å²) in [6.45, 7) is 15.6. The van der Waals surface area contributed by atoms with Gasteiger partial charge in [0.15, 0.2) is 0 Å². The summed E-state index contributed by atoms with van der Waals surface area (Å²) in [5, 5.41) is 0. The van der Waals surface area contributed by atoms with Crippen molar-refractivity contribution in [2.45, 2.75) is 26.2 Å². The zero-order valence-corrected chi connectivity index (χ0v) is 13.3. The molecule has 0 atom stereocenters. The highest BCUT2D eigenvalue weighted by Gasteiger charge is 2.15. The summed E-state index contributed by atoms with van der Waals surface area (Å²) in [5.74, 6) is 1.48. The number of hydrogen-bond donors (Lipinski definition) is 0. The van der Waals surface area contributed by atoms with E-state index < -0.39 is 0 Å². The number of nitrogens with zero attached hydrogens (tertiary/aromatic N) is 4. The molecule has 1 saturated heterocycles. The molecule has 0 aromatic carbocycles. The fraction of sp³-hybridized carbons (Fsp3) is 0.333. The van der Waals surface area contributed by atoms with Gasteiger partial charge < -0.3 is 4.90 Å². The minimum absolute atomic E-state index is 0.610. The molecule has 1 aliphatic rings. The molecule has 1 fully saturated rings. The van der Waals surface area contributed by atoms with Gasteiger partial charge in [0.2, 0.25) is 5.95 Å². The van der Waals surface area contributed by atoms with Crippen molar-refractivity contribution in [2.24, 2.45) is 4.99 Å². The van der Waals surface area contributed by atoms with Crippen molar-refractivity contribution in [3.63, 3.8) is 0 Å². The third kappa shape index (κ3) is 3.27. The summed E-state index contributed by atoms with van der Waals surface area (Å²) >= 11 is 0. The van der Waals surface area contributed by atoms with Crippen molar-refractivity contribution >= 4 is 30.1 Å². The molecule has 0 aliphatic carbocycles. The summed E-state index contributed by atoms with van der Waals surface area (Å²) < 4.78 is 1.88. The Morgan fingerprint density at radius 1 is 1.18 bits per heavy atom. The van der Waals surface area contributed by atoms with Crippen LogP contribution in [0.2, 0.25) is 0 Å². The van der Waals surface area contributed by atoms with Crippen LogP contribution in [0.1, 0.15) is 37.6 Å². The van der Waals surface area contributed by atoms with Gasteiger partial charge in [-0.15, -0.1) is 0 Å². The molecule has 0 saturated carbocycles. The lowest BCUT2D eigenvalue weighted by molar-refractivity contribution is 0.343. The second-order valence-corrected chi connectivity index (χ2v) is 5.16. The molecule has 0 spiro atoms. The topological polar surface area (TPSA) is 33.4 Å². The highest BCUT2D eigenvalue weighted by Crippen LogP contribution is 2.23. The molecule has 0 N–H and O–H groups in total. The number of rotatable bonds is 5. The lowest BCUT2D eigenvalue weighted by Crippen LogP contribution is -2.34. The van der Waals surface area contributed by atoms with E-state index in [4.69, 9.17) is 4.99 Å². The first kappa shape index (κ1) is 16.0. The highest BCUT2D eigenvalue weighted by molar-refractivity contribution is 5.94. The maximum atomic E-state index is 4.71. The molecule has 0 radical (unpaired) electrons. The number of piperidine rings is 1. The Balaban J connectivity index is 2.45. The Labute approximate surface area is 132 Å². The van der Waals surface area contributed by atoms with E-state index in [1.165, 1.54) is 19.3 Å². The molecule has 4 heteroatoms. The molecule has 2 rings (SSSR count). The molecule has 1 aromatic heterocycles. The van der Waals surface area contributed by atoms with E-state index in [0.29, 0.717) is 5.95 Å². The second kappa shape index (κ2) is 7.59. The summed E-state index contributed by atoms with van der Waals surface area (Å²) in [7, 11) is 0. The quantitative estimate of drug-likeness (QED) is 0.597. The average molecular weight is 296 g/mol. The summed E-state index contributed by atoms with van der Waals surface area (Å²) in [5.41, 5.74) is 1.74. The average Bonchev–Trinajstić information content (AvgIpc) is 2.90. The van der Waals surface area contributed by atoms with E-state index >= 15 is 0 Å². The van der Waals surface area contributed by atoms with Crippen LogP contribution in [0, 0.1) is 0 Å². The minimum atomic E-state index is 0.610. The maximum Gasteiger partial charge on any atom is 0.236 e. The van der Waals surface area contributed by atoms with Gasteiger partial charge in [-0.1, -0.05) is 25.8 Å². The molecular formula is C18H24N4. The Hall–Kier alpha value is -2.36. The second-order valence-electron chi connectivity index (χ2n) is 5.16. The van der Waals surface area contributed by atoms with Crippen molar-refractivity contribution < 1.29 is 0 Å². The largest absolute Gasteiger partial charge is 0.357 e. The van der Waals surface area contributed by atoms with E-state index in [2.05, 4.69) is 29.6 Å². The maximum absolute atomic E-state index is 4.71. The van der Waals surface area contributed by atoms with Crippen molar-refractivity contribution in [1.82, 2.24) is 14.5 Å². The SMILES string of the molecule is C=CC(=Nc1nc(C=C)c(/C=C\C)n1C=C)N1CCCCC1. The van der Waals surface area contributed by atoms with Crippen LogP contribution < -0.4 is 0 Å². The van der Waals surface area contributed by atoms with Crippen molar-refractivity contribution in [2.75, 3.05) is 13.1 Å². The Bertz CT molecular complexity index is 613. The zero-order chi connectivity index (χ0) is 15.9. The van der Waals surface area contributed by atoms with E-state index in [0.717, 1.165) is 30.3 Å². The van der Waals surface area contributed by atoms with E-state index in [1.54, 1.807) is 18.4 Å². The predicted octanol–water partition coefficient (Wildman–Crippen LogP) is 4.36. The number of allylic oxidation sites excluding steroid dienone is 1. The zero-order valence-electron chi connectivity index (χ0n) is 13.3. The molecule has 4 nitrogen and oxygen atoms in total. The lowest BCUT2D eigenvalue weighted by Gasteiger charge is -2.28. The van der Waals surface area contributed by atoms with Crippen LogP contribution in [0.15, 0.2) is 36.9 Å². The third-order valence-electron chi connectivity index (χ3n) is 3.74. The van der Waals surface area contributed by atoms with Crippen LogP contribution in [-0.4, -0.2) is 33.4 Å². The minimum Gasteiger partial charge on any atom is -0.357 e. The molecule has 1 aromatic rings. The number of imidazole rings is 1. The van der Waals surface area contributed by atoms with Crippen molar-refractivity contribution in [3.8, 4) is 0 Å². The first-order chi connectivity index (χ1) is 10.7. The van der Waals surface area contributed by atoms with Crippen LogP contribution >= 0.6 is 0 Å². The van der Waals surface area contributed by atoms with E-state index in [9.17, 15) is 0 Å². The molecule has 0 unspecified atom stereocenters. The summed E-state index contributed by atoms with van der Waals surface area (Å²) in [6.07, 6.45) is 12.9. The van der Waals surface area contributed by atoms with Gasteiger partial charge in [-0.25, -0.2) is 4.98 Å². The Kier molecular flexibility index (Phi) is 5.53. The number of hydrogen-bond acceptors (Lipinski definition) is 2. The molecule has 22 heavy (non-hydrogen) atoms. The van der Waals surface area contributed by atoms with E-state index in [1.807, 2.05) is 23.6 Å². The number of aromatic nitrogens is 2. The molecule has 2 heterocycles. The predicted molar refractivity (Wildman–Crippen MR) is 96.1 cm³/mol. The fourth-order valence-corrected chi connectivity index (χ4v) is 2.65. The molecule has 116 valence electrons. The Morgan fingerprint density at radius 2 is 1.91 bits per heavy atom. The van der Waals surface area contributed by atoms with Crippen LogP contribution in [0.4, 0.5) is 5.95 Å². The van der Waals surface area contributed by atoms with Gasteiger partial charge in [-0.05, 0) is 44.4 Å². The standard InChI is InChI=1S/C18H24N4/c1-5-12-16-15(6-2)19-18(22(16)8-4)20-17(7-3)21-13-10-9-11-14-21/h5-8,12H,2-4,9-11,13-14H2,1H3/b12-5-,20-17?. The fourth-order valence-electron chi connectivity index (χ4n) is 2.65. The Morgan fingerprint density at radius 3 is 2.45 bits per heavy atom. The third-order valence-corrected chi connectivity index (χ3v) is 3.74. The molecule has 0 bridgehead atoms. The van der Waals surface area contributed by atoms with Gasteiger partial charge in [0.05, 0.1) is 11.4 Å². The first-order valence-electron chi connectivity index (χ1n) is 7.71. The van der Waals surface area contributed by atoms with Gasteiger partial charge in [0.1, 0.15) is 5.84 Å². The molecule has 1 aliphatic heterocycles. The number of amidine groups is 1. The number of aliphatic imine (C=N–C) groups is 1. The van der Waals surface area contributed by atoms with Gasteiger partial charge in [-0.2, -0.15) is 4.99 Å². The lowest BCUT2D eigenvalue weighted by atomic mass is 10.1. The monoisotopic (exact) mass is 296 g/mol. The first-order valence-corrected chi connectivity index (χ1v) is 7.71. The highest BCUT2D eigenvalue weighted by atomic mass is 15.2. The molecular weight excluding hydrogens is 272 g/mol. The molecule has 0 amide bonds. The van der Waals surface area contributed by atoms with Crippen LogP contribution in [0.5, 0.6) is 0 Å². The number of likely N-dealkylation sites (tertiary alicyclic amines) is 1. The van der Waals surface area contributed by atoms with Crippen LogP contribution in [0.3, 0.4) is 0 Å². The van der Waals surface area contributed by atoms with Gasteiger partial charge in [-0.3, -0.25) is 4.57 Å². The van der Waals surface area contributed by atoms with Crippen LogP contribution in [-0.2, 0) is 0 Å². The summed E-state index contributed by atoms with van der Waals surface area (Å²) in [6, 6.07) is 0. The smallest absolute Gasteiger partial charge is 0.236 e. The van der Waals surface area contributed by atoms with Gasteiger partial charge in [0, 0.05) is 19.3 Å².